The van der Waals surface area contributed by atoms with E-state index in [-0.39, 0.29) is 0 Å². The first kappa shape index (κ1) is 17.7. The molecule has 1 saturated heterocycles. The van der Waals surface area contributed by atoms with E-state index in [2.05, 4.69) is 41.5 Å². The van der Waals surface area contributed by atoms with Crippen molar-refractivity contribution in [1.82, 2.24) is 15.2 Å². The van der Waals surface area contributed by atoms with Crippen molar-refractivity contribution >= 4 is 5.82 Å². The number of rotatable bonds is 8. The Balaban J connectivity index is 1.38. The standard InChI is InChI=1S/C20H34N4/c1-16(2)24(19-11-13-21-15-19)14-5-3-4-8-18-10-9-17-7-6-12-22-20(17)23-18/h9-10,16,19,21H,3-8,11-15H2,1-2H3,(H,22,23)/t19-/m1/s1. The van der Waals surface area contributed by atoms with E-state index in [1.165, 1.54) is 69.4 Å². The molecule has 0 aliphatic carbocycles. The van der Waals surface area contributed by atoms with Gasteiger partial charge in [0.15, 0.2) is 0 Å². The zero-order valence-electron chi connectivity index (χ0n) is 15.5. The van der Waals surface area contributed by atoms with E-state index in [1.54, 1.807) is 0 Å². The van der Waals surface area contributed by atoms with E-state index < -0.39 is 0 Å². The average molecular weight is 331 g/mol. The van der Waals surface area contributed by atoms with E-state index in [9.17, 15) is 0 Å². The Labute approximate surface area is 147 Å². The fraction of sp³-hybridized carbons (Fsp3) is 0.750. The van der Waals surface area contributed by atoms with Crippen LogP contribution in [-0.2, 0) is 12.8 Å². The predicted octanol–water partition coefficient (Wildman–Crippen LogP) is 3.22. The highest BCUT2D eigenvalue weighted by Gasteiger charge is 2.23. The van der Waals surface area contributed by atoms with Gasteiger partial charge in [0, 0.05) is 30.9 Å². The summed E-state index contributed by atoms with van der Waals surface area (Å²) < 4.78 is 0. The third kappa shape index (κ3) is 4.70. The normalized spacial score (nSPS) is 20.4. The molecule has 0 unspecified atom stereocenters. The molecule has 0 aromatic carbocycles. The van der Waals surface area contributed by atoms with Crippen LogP contribution in [0.2, 0.25) is 0 Å². The summed E-state index contributed by atoms with van der Waals surface area (Å²) in [6.07, 6.45) is 8.69. The van der Waals surface area contributed by atoms with Gasteiger partial charge in [-0.2, -0.15) is 0 Å². The van der Waals surface area contributed by atoms with Crippen LogP contribution in [0.3, 0.4) is 0 Å². The molecule has 24 heavy (non-hydrogen) atoms. The van der Waals surface area contributed by atoms with Gasteiger partial charge in [-0.15, -0.1) is 0 Å². The van der Waals surface area contributed by atoms with Gasteiger partial charge in [0.1, 0.15) is 5.82 Å². The molecule has 1 atom stereocenters. The fourth-order valence-electron chi connectivity index (χ4n) is 4.07. The van der Waals surface area contributed by atoms with E-state index in [1.807, 2.05) is 0 Å². The summed E-state index contributed by atoms with van der Waals surface area (Å²) in [5.41, 5.74) is 2.65. The first-order valence-electron chi connectivity index (χ1n) is 9.93. The average Bonchev–Trinajstić information content (AvgIpc) is 3.11. The molecule has 134 valence electrons. The largest absolute Gasteiger partial charge is 0.370 e. The van der Waals surface area contributed by atoms with Gasteiger partial charge in [-0.25, -0.2) is 4.98 Å². The zero-order valence-corrected chi connectivity index (χ0v) is 15.5. The number of unbranched alkanes of at least 4 members (excludes halogenated alkanes) is 2. The predicted molar refractivity (Wildman–Crippen MR) is 102 cm³/mol. The van der Waals surface area contributed by atoms with Gasteiger partial charge in [0.05, 0.1) is 0 Å². The lowest BCUT2D eigenvalue weighted by Crippen LogP contribution is -2.42. The number of nitrogens with one attached hydrogen (secondary N) is 2. The molecule has 0 bridgehead atoms. The van der Waals surface area contributed by atoms with Crippen LogP contribution in [0, 0.1) is 0 Å². The molecule has 0 radical (unpaired) electrons. The van der Waals surface area contributed by atoms with Crippen molar-refractivity contribution in [2.24, 2.45) is 0 Å². The molecule has 1 fully saturated rings. The summed E-state index contributed by atoms with van der Waals surface area (Å²) in [4.78, 5) is 7.50. The first-order chi connectivity index (χ1) is 11.7. The lowest BCUT2D eigenvalue weighted by molar-refractivity contribution is 0.160. The molecule has 4 heteroatoms. The number of nitrogens with zero attached hydrogens (tertiary/aromatic N) is 2. The minimum Gasteiger partial charge on any atom is -0.370 e. The Morgan fingerprint density at radius 3 is 2.92 bits per heavy atom. The minimum absolute atomic E-state index is 0.656. The van der Waals surface area contributed by atoms with Crippen LogP contribution in [0.5, 0.6) is 0 Å². The van der Waals surface area contributed by atoms with E-state index >= 15 is 0 Å². The van der Waals surface area contributed by atoms with Gasteiger partial charge in [0.2, 0.25) is 0 Å². The highest BCUT2D eigenvalue weighted by Crippen LogP contribution is 2.20. The molecule has 2 aliphatic rings. The molecule has 0 saturated carbocycles. The van der Waals surface area contributed by atoms with Crippen molar-refractivity contribution in [2.75, 3.05) is 31.5 Å². The molecular weight excluding hydrogens is 296 g/mol. The van der Waals surface area contributed by atoms with Gasteiger partial charge in [-0.3, -0.25) is 4.90 Å². The van der Waals surface area contributed by atoms with Crippen LogP contribution in [-0.4, -0.2) is 48.1 Å². The number of aromatic nitrogens is 1. The highest BCUT2D eigenvalue weighted by molar-refractivity contribution is 5.46. The van der Waals surface area contributed by atoms with Crippen LogP contribution >= 0.6 is 0 Å². The number of anilines is 1. The van der Waals surface area contributed by atoms with Crippen LogP contribution < -0.4 is 10.6 Å². The Kier molecular flexibility index (Phi) is 6.50. The molecule has 3 heterocycles. The van der Waals surface area contributed by atoms with Crippen molar-refractivity contribution in [3.63, 3.8) is 0 Å². The zero-order chi connectivity index (χ0) is 16.8. The topological polar surface area (TPSA) is 40.2 Å². The molecule has 2 N–H and O–H groups in total. The fourth-order valence-corrected chi connectivity index (χ4v) is 4.07. The second kappa shape index (κ2) is 8.82. The number of hydrogen-bond donors (Lipinski definition) is 2. The molecular formula is C20H34N4. The molecule has 2 aliphatic heterocycles. The van der Waals surface area contributed by atoms with Gasteiger partial charge >= 0.3 is 0 Å². The van der Waals surface area contributed by atoms with Crippen molar-refractivity contribution in [3.05, 3.63) is 23.4 Å². The Bertz CT molecular complexity index is 508. The quantitative estimate of drug-likeness (QED) is 0.718. The monoisotopic (exact) mass is 330 g/mol. The minimum atomic E-state index is 0.656. The van der Waals surface area contributed by atoms with Crippen molar-refractivity contribution in [1.29, 1.82) is 0 Å². The van der Waals surface area contributed by atoms with Crippen LogP contribution in [0.1, 0.15) is 57.2 Å². The summed E-state index contributed by atoms with van der Waals surface area (Å²) in [5.74, 6) is 1.14. The number of hydrogen-bond acceptors (Lipinski definition) is 4. The van der Waals surface area contributed by atoms with E-state index in [0.29, 0.717) is 6.04 Å². The summed E-state index contributed by atoms with van der Waals surface area (Å²) in [6.45, 7) is 9.34. The maximum Gasteiger partial charge on any atom is 0.129 e. The molecule has 3 rings (SSSR count). The van der Waals surface area contributed by atoms with Crippen LogP contribution in [0.4, 0.5) is 5.82 Å². The number of aryl methyl sites for hydroxylation is 2. The SMILES string of the molecule is CC(C)N(CCCCCc1ccc2c(n1)NCCC2)[C@@H]1CCNC1. The second-order valence-corrected chi connectivity index (χ2v) is 7.63. The second-order valence-electron chi connectivity index (χ2n) is 7.63. The number of pyridine rings is 1. The third-order valence-electron chi connectivity index (χ3n) is 5.47. The first-order valence-corrected chi connectivity index (χ1v) is 9.93. The van der Waals surface area contributed by atoms with Crippen molar-refractivity contribution < 1.29 is 0 Å². The van der Waals surface area contributed by atoms with Gasteiger partial charge in [-0.05, 0) is 77.1 Å². The molecule has 1 aromatic rings. The van der Waals surface area contributed by atoms with Gasteiger partial charge in [0.25, 0.3) is 0 Å². The number of fused-ring (bicyclic) bond motifs is 1. The Morgan fingerprint density at radius 2 is 2.12 bits per heavy atom. The summed E-state index contributed by atoms with van der Waals surface area (Å²) in [7, 11) is 0. The summed E-state index contributed by atoms with van der Waals surface area (Å²) in [5, 5.41) is 6.94. The van der Waals surface area contributed by atoms with Crippen molar-refractivity contribution in [3.8, 4) is 0 Å². The smallest absolute Gasteiger partial charge is 0.129 e. The Morgan fingerprint density at radius 1 is 1.21 bits per heavy atom. The molecule has 4 nitrogen and oxygen atoms in total. The van der Waals surface area contributed by atoms with Crippen LogP contribution in [0.25, 0.3) is 0 Å². The molecule has 0 amide bonds. The summed E-state index contributed by atoms with van der Waals surface area (Å²) in [6, 6.07) is 5.91. The highest BCUT2D eigenvalue weighted by atomic mass is 15.2. The molecule has 0 spiro atoms. The lowest BCUT2D eigenvalue weighted by atomic mass is 10.1. The maximum absolute atomic E-state index is 4.81. The lowest BCUT2D eigenvalue weighted by Gasteiger charge is -2.32. The third-order valence-corrected chi connectivity index (χ3v) is 5.47. The van der Waals surface area contributed by atoms with E-state index in [0.717, 1.165) is 24.8 Å². The molecule has 1 aromatic heterocycles. The Hall–Kier alpha value is -1.13. The van der Waals surface area contributed by atoms with Crippen LogP contribution in [0.15, 0.2) is 12.1 Å². The maximum atomic E-state index is 4.81. The van der Waals surface area contributed by atoms with Gasteiger partial charge < -0.3 is 10.6 Å². The summed E-state index contributed by atoms with van der Waals surface area (Å²) >= 11 is 0. The van der Waals surface area contributed by atoms with Crippen molar-refractivity contribution in [2.45, 2.75) is 70.9 Å². The van der Waals surface area contributed by atoms with E-state index in [4.69, 9.17) is 4.98 Å². The van der Waals surface area contributed by atoms with Gasteiger partial charge in [-0.1, -0.05) is 12.5 Å².